The van der Waals surface area contributed by atoms with E-state index in [0.717, 1.165) is 25.1 Å². The van der Waals surface area contributed by atoms with E-state index in [9.17, 15) is 8.42 Å². The largest absolute Gasteiger partial charge is 0.268 e. The van der Waals surface area contributed by atoms with E-state index in [2.05, 4.69) is 18.9 Å². The predicted octanol–water partition coefficient (Wildman–Crippen LogP) is 3.37. The van der Waals surface area contributed by atoms with E-state index >= 15 is 0 Å². The summed E-state index contributed by atoms with van der Waals surface area (Å²) in [5, 5.41) is 4.42. The third kappa shape index (κ3) is 4.21. The first-order valence-electron chi connectivity index (χ1n) is 6.84. The van der Waals surface area contributed by atoms with Gasteiger partial charge in [-0.2, -0.15) is 5.10 Å². The van der Waals surface area contributed by atoms with Crippen LogP contribution >= 0.6 is 10.7 Å². The van der Waals surface area contributed by atoms with Crippen LogP contribution in [0.25, 0.3) is 0 Å². The molecule has 0 fully saturated rings. The van der Waals surface area contributed by atoms with Crippen LogP contribution in [-0.4, -0.2) is 18.2 Å². The second-order valence-corrected chi connectivity index (χ2v) is 7.63. The minimum atomic E-state index is -3.72. The number of aryl methyl sites for hydroxylation is 2. The lowest BCUT2D eigenvalue weighted by Crippen LogP contribution is -2.07. The first kappa shape index (κ1) is 16.5. The van der Waals surface area contributed by atoms with Crippen molar-refractivity contribution >= 4 is 19.7 Å². The quantitative estimate of drug-likeness (QED) is 0.726. The van der Waals surface area contributed by atoms with Gasteiger partial charge in [-0.25, -0.2) is 8.42 Å². The molecule has 1 aromatic heterocycles. The molecule has 0 spiro atoms. The zero-order chi connectivity index (χ0) is 14.6. The smallest absolute Gasteiger partial charge is 0.264 e. The van der Waals surface area contributed by atoms with Crippen LogP contribution in [-0.2, 0) is 28.4 Å². The van der Waals surface area contributed by atoms with E-state index in [1.807, 2.05) is 18.5 Å². The Labute approximate surface area is 120 Å². The van der Waals surface area contributed by atoms with Crippen LogP contribution in [0, 0.1) is 5.92 Å². The second kappa shape index (κ2) is 6.75. The summed E-state index contributed by atoms with van der Waals surface area (Å²) >= 11 is 0. The second-order valence-electron chi connectivity index (χ2n) is 5.13. The maximum Gasteiger partial charge on any atom is 0.264 e. The number of aromatic nitrogens is 2. The standard InChI is InChI=1S/C13H23ClN2O2S/c1-5-11-13(19(14,17)18)12(6-2)16(15-11)9-7-8-10(3)4/h10H,5-9H2,1-4H3. The topological polar surface area (TPSA) is 52.0 Å². The first-order chi connectivity index (χ1) is 8.81. The van der Waals surface area contributed by atoms with Crippen LogP contribution in [0.5, 0.6) is 0 Å². The Bertz CT molecular complexity index is 521. The molecule has 19 heavy (non-hydrogen) atoms. The zero-order valence-corrected chi connectivity index (χ0v) is 13.7. The molecule has 0 bridgehead atoms. The van der Waals surface area contributed by atoms with Gasteiger partial charge < -0.3 is 0 Å². The molecule has 0 aliphatic heterocycles. The van der Waals surface area contributed by atoms with Crippen molar-refractivity contribution < 1.29 is 8.42 Å². The Kier molecular flexibility index (Phi) is 5.86. The van der Waals surface area contributed by atoms with Crippen LogP contribution in [0.4, 0.5) is 0 Å². The van der Waals surface area contributed by atoms with Crippen LogP contribution < -0.4 is 0 Å². The summed E-state index contributed by atoms with van der Waals surface area (Å²) in [5.41, 5.74) is 1.31. The molecule has 0 saturated carbocycles. The molecule has 0 aromatic carbocycles. The van der Waals surface area contributed by atoms with E-state index in [-0.39, 0.29) is 4.90 Å². The highest BCUT2D eigenvalue weighted by molar-refractivity contribution is 8.13. The normalized spacial score (nSPS) is 12.3. The maximum absolute atomic E-state index is 11.7. The molecule has 0 aliphatic carbocycles. The Hall–Kier alpha value is -0.550. The molecule has 0 amide bonds. The van der Waals surface area contributed by atoms with Gasteiger partial charge in [-0.1, -0.05) is 27.7 Å². The molecule has 0 aliphatic rings. The molecule has 6 heteroatoms. The van der Waals surface area contributed by atoms with Gasteiger partial charge in [0.2, 0.25) is 0 Å². The van der Waals surface area contributed by atoms with Gasteiger partial charge in [0.15, 0.2) is 0 Å². The minimum absolute atomic E-state index is 0.226. The Morgan fingerprint density at radius 3 is 2.32 bits per heavy atom. The molecule has 1 aromatic rings. The van der Waals surface area contributed by atoms with E-state index in [1.54, 1.807) is 0 Å². The van der Waals surface area contributed by atoms with Crippen molar-refractivity contribution in [1.29, 1.82) is 0 Å². The molecule has 0 atom stereocenters. The summed E-state index contributed by atoms with van der Waals surface area (Å²) in [5.74, 6) is 0.641. The van der Waals surface area contributed by atoms with E-state index in [1.165, 1.54) is 0 Å². The van der Waals surface area contributed by atoms with Crippen molar-refractivity contribution in [1.82, 2.24) is 9.78 Å². The summed E-state index contributed by atoms with van der Waals surface area (Å²) in [6.07, 6.45) is 3.30. The average molecular weight is 307 g/mol. The van der Waals surface area contributed by atoms with Gasteiger partial charge in [-0.05, 0) is 31.6 Å². The van der Waals surface area contributed by atoms with Gasteiger partial charge in [-0.3, -0.25) is 4.68 Å². The molecular formula is C13H23ClN2O2S. The Morgan fingerprint density at radius 1 is 1.26 bits per heavy atom. The fourth-order valence-corrected chi connectivity index (χ4v) is 3.76. The third-order valence-corrected chi connectivity index (χ3v) is 4.56. The number of hydrogen-bond acceptors (Lipinski definition) is 3. The molecule has 1 rings (SSSR count). The molecule has 0 unspecified atom stereocenters. The summed E-state index contributed by atoms with van der Waals surface area (Å²) in [4.78, 5) is 0.226. The summed E-state index contributed by atoms with van der Waals surface area (Å²) in [7, 11) is 1.82. The van der Waals surface area contributed by atoms with Crippen LogP contribution in [0.1, 0.15) is 51.9 Å². The van der Waals surface area contributed by atoms with E-state index < -0.39 is 9.05 Å². The fourth-order valence-electron chi connectivity index (χ4n) is 2.23. The highest BCUT2D eigenvalue weighted by atomic mass is 35.7. The molecule has 0 saturated heterocycles. The molecule has 0 radical (unpaired) electrons. The number of halogens is 1. The van der Waals surface area contributed by atoms with Crippen molar-refractivity contribution in [2.45, 2.75) is 64.8 Å². The summed E-state index contributed by atoms with van der Waals surface area (Å²) < 4.78 is 25.2. The highest BCUT2D eigenvalue weighted by Crippen LogP contribution is 2.25. The zero-order valence-electron chi connectivity index (χ0n) is 12.1. The lowest BCUT2D eigenvalue weighted by molar-refractivity contribution is 0.478. The Balaban J connectivity index is 3.09. The highest BCUT2D eigenvalue weighted by Gasteiger charge is 2.25. The van der Waals surface area contributed by atoms with Crippen LogP contribution in [0.15, 0.2) is 4.90 Å². The third-order valence-electron chi connectivity index (χ3n) is 3.14. The molecule has 4 nitrogen and oxygen atoms in total. The van der Waals surface area contributed by atoms with Gasteiger partial charge >= 0.3 is 0 Å². The van der Waals surface area contributed by atoms with Crippen molar-refractivity contribution in [3.05, 3.63) is 11.4 Å². The van der Waals surface area contributed by atoms with Crippen molar-refractivity contribution in [3.8, 4) is 0 Å². The SMILES string of the molecule is CCc1nn(CCCC(C)C)c(CC)c1S(=O)(=O)Cl. The van der Waals surface area contributed by atoms with Crippen molar-refractivity contribution in [2.24, 2.45) is 5.92 Å². The average Bonchev–Trinajstić information content (AvgIpc) is 2.66. The lowest BCUT2D eigenvalue weighted by Gasteiger charge is -2.08. The van der Waals surface area contributed by atoms with Crippen molar-refractivity contribution in [2.75, 3.05) is 0 Å². The summed E-state index contributed by atoms with van der Waals surface area (Å²) in [6.45, 7) is 8.93. The predicted molar refractivity (Wildman–Crippen MR) is 78.1 cm³/mol. The maximum atomic E-state index is 11.7. The molecule has 110 valence electrons. The van der Waals surface area contributed by atoms with Crippen molar-refractivity contribution in [3.63, 3.8) is 0 Å². The number of rotatable bonds is 7. The molecule has 0 N–H and O–H groups in total. The Morgan fingerprint density at radius 2 is 1.89 bits per heavy atom. The van der Waals surface area contributed by atoms with Gasteiger partial charge in [-0.15, -0.1) is 0 Å². The fraction of sp³-hybridized carbons (Fsp3) is 0.769. The molecule has 1 heterocycles. The monoisotopic (exact) mass is 306 g/mol. The van der Waals surface area contributed by atoms with E-state index in [0.29, 0.717) is 24.5 Å². The first-order valence-corrected chi connectivity index (χ1v) is 9.15. The van der Waals surface area contributed by atoms with E-state index in [4.69, 9.17) is 10.7 Å². The van der Waals surface area contributed by atoms with Gasteiger partial charge in [0.05, 0.1) is 11.4 Å². The van der Waals surface area contributed by atoms with Crippen LogP contribution in [0.2, 0.25) is 0 Å². The van der Waals surface area contributed by atoms with Crippen LogP contribution in [0.3, 0.4) is 0 Å². The summed E-state index contributed by atoms with van der Waals surface area (Å²) in [6, 6.07) is 0. The number of hydrogen-bond donors (Lipinski definition) is 0. The number of nitrogens with zero attached hydrogens (tertiary/aromatic N) is 2. The van der Waals surface area contributed by atoms with Gasteiger partial charge in [0.1, 0.15) is 4.90 Å². The lowest BCUT2D eigenvalue weighted by atomic mass is 10.1. The minimum Gasteiger partial charge on any atom is -0.268 e. The van der Waals surface area contributed by atoms with Gasteiger partial charge in [0.25, 0.3) is 9.05 Å². The van der Waals surface area contributed by atoms with Gasteiger partial charge in [0, 0.05) is 17.2 Å². The molecular weight excluding hydrogens is 284 g/mol.